The molecule has 0 amide bonds. The van der Waals surface area contributed by atoms with Gasteiger partial charge in [0, 0.05) is 17.5 Å². The second-order valence-electron chi connectivity index (χ2n) is 5.86. The largest absolute Gasteiger partial charge is 0.303 e. The standard InChI is InChI=1S/C13H25NO/c1-5-7-13(4,11-15)10-14-9-6-8-12(14,2)3/h11H,5-10H2,1-4H3. The molecule has 2 heteroatoms. The van der Waals surface area contributed by atoms with E-state index in [2.05, 4.69) is 32.6 Å². The topological polar surface area (TPSA) is 20.3 Å². The predicted molar refractivity (Wildman–Crippen MR) is 64.0 cm³/mol. The van der Waals surface area contributed by atoms with Gasteiger partial charge >= 0.3 is 0 Å². The van der Waals surface area contributed by atoms with Gasteiger partial charge in [-0.15, -0.1) is 0 Å². The Morgan fingerprint density at radius 1 is 1.47 bits per heavy atom. The van der Waals surface area contributed by atoms with Crippen LogP contribution in [0, 0.1) is 5.41 Å². The van der Waals surface area contributed by atoms with Crippen molar-refractivity contribution in [3.05, 3.63) is 0 Å². The zero-order valence-corrected chi connectivity index (χ0v) is 10.7. The van der Waals surface area contributed by atoms with Gasteiger partial charge < -0.3 is 4.79 Å². The van der Waals surface area contributed by atoms with Crippen LogP contribution >= 0.6 is 0 Å². The molecule has 1 rings (SSSR count). The number of carbonyl (C=O) groups excluding carboxylic acids is 1. The lowest BCUT2D eigenvalue weighted by atomic mass is 9.85. The number of rotatable bonds is 5. The van der Waals surface area contributed by atoms with Gasteiger partial charge in [0.25, 0.3) is 0 Å². The van der Waals surface area contributed by atoms with Crippen LogP contribution in [-0.4, -0.2) is 29.8 Å². The number of hydrogen-bond acceptors (Lipinski definition) is 2. The Bertz CT molecular complexity index is 225. The molecule has 1 fully saturated rings. The van der Waals surface area contributed by atoms with Crippen molar-refractivity contribution in [3.8, 4) is 0 Å². The Morgan fingerprint density at radius 2 is 2.13 bits per heavy atom. The Kier molecular flexibility index (Phi) is 3.93. The minimum absolute atomic E-state index is 0.142. The first kappa shape index (κ1) is 12.7. The summed E-state index contributed by atoms with van der Waals surface area (Å²) in [6.07, 6.45) is 5.78. The van der Waals surface area contributed by atoms with E-state index < -0.39 is 0 Å². The van der Waals surface area contributed by atoms with Gasteiger partial charge in [0.1, 0.15) is 6.29 Å². The molecule has 15 heavy (non-hydrogen) atoms. The molecular formula is C13H25NO. The van der Waals surface area contributed by atoms with Crippen LogP contribution < -0.4 is 0 Å². The van der Waals surface area contributed by atoms with Crippen LogP contribution in [0.25, 0.3) is 0 Å². The molecule has 1 atom stereocenters. The lowest BCUT2D eigenvalue weighted by Crippen LogP contribution is -2.45. The Morgan fingerprint density at radius 3 is 2.53 bits per heavy atom. The van der Waals surface area contributed by atoms with E-state index >= 15 is 0 Å². The number of nitrogens with zero attached hydrogens (tertiary/aromatic N) is 1. The van der Waals surface area contributed by atoms with Crippen LogP contribution in [0.4, 0.5) is 0 Å². The fourth-order valence-electron chi connectivity index (χ4n) is 2.64. The molecule has 1 unspecified atom stereocenters. The minimum atomic E-state index is -0.142. The van der Waals surface area contributed by atoms with E-state index in [1.807, 2.05) is 0 Å². The van der Waals surface area contributed by atoms with Gasteiger partial charge in [-0.2, -0.15) is 0 Å². The monoisotopic (exact) mass is 211 g/mol. The molecule has 1 aliphatic rings. The highest BCUT2D eigenvalue weighted by Gasteiger charge is 2.36. The highest BCUT2D eigenvalue weighted by Crippen LogP contribution is 2.32. The SMILES string of the molecule is CCCC(C)(C=O)CN1CCCC1(C)C. The smallest absolute Gasteiger partial charge is 0.127 e. The summed E-state index contributed by atoms with van der Waals surface area (Å²) in [7, 11) is 0. The van der Waals surface area contributed by atoms with Crippen LogP contribution in [0.3, 0.4) is 0 Å². The van der Waals surface area contributed by atoms with E-state index in [0.717, 1.165) is 32.2 Å². The molecule has 1 aliphatic heterocycles. The first-order valence-corrected chi connectivity index (χ1v) is 6.15. The zero-order chi connectivity index (χ0) is 11.5. The number of carbonyl (C=O) groups is 1. The van der Waals surface area contributed by atoms with Crippen LogP contribution in [0.2, 0.25) is 0 Å². The van der Waals surface area contributed by atoms with Crippen LogP contribution in [0.5, 0.6) is 0 Å². The molecule has 0 saturated carbocycles. The predicted octanol–water partition coefficient (Wildman–Crippen LogP) is 2.87. The van der Waals surface area contributed by atoms with E-state index in [1.54, 1.807) is 0 Å². The Hall–Kier alpha value is -0.370. The van der Waals surface area contributed by atoms with Crippen LogP contribution in [-0.2, 0) is 4.79 Å². The molecule has 0 aromatic carbocycles. The number of hydrogen-bond donors (Lipinski definition) is 0. The second-order valence-corrected chi connectivity index (χ2v) is 5.86. The molecule has 0 spiro atoms. The molecule has 0 aromatic rings. The molecule has 1 saturated heterocycles. The van der Waals surface area contributed by atoms with Crippen molar-refractivity contribution in [1.29, 1.82) is 0 Å². The maximum atomic E-state index is 11.2. The van der Waals surface area contributed by atoms with Gasteiger partial charge in [0.05, 0.1) is 0 Å². The molecule has 0 aliphatic carbocycles. The van der Waals surface area contributed by atoms with Crippen LogP contribution in [0.15, 0.2) is 0 Å². The molecule has 2 nitrogen and oxygen atoms in total. The summed E-state index contributed by atoms with van der Waals surface area (Å²) in [5.74, 6) is 0. The van der Waals surface area contributed by atoms with Crippen molar-refractivity contribution in [2.75, 3.05) is 13.1 Å². The van der Waals surface area contributed by atoms with Gasteiger partial charge in [0.2, 0.25) is 0 Å². The van der Waals surface area contributed by atoms with Crippen molar-refractivity contribution in [2.45, 2.75) is 58.9 Å². The third kappa shape index (κ3) is 3.04. The first-order chi connectivity index (χ1) is 6.93. The summed E-state index contributed by atoms with van der Waals surface area (Å²) in [6, 6.07) is 0. The molecule has 0 aromatic heterocycles. The highest BCUT2D eigenvalue weighted by molar-refractivity contribution is 5.59. The summed E-state index contributed by atoms with van der Waals surface area (Å²) < 4.78 is 0. The maximum Gasteiger partial charge on any atom is 0.127 e. The molecule has 1 heterocycles. The fourth-order valence-corrected chi connectivity index (χ4v) is 2.64. The minimum Gasteiger partial charge on any atom is -0.303 e. The fraction of sp³-hybridized carbons (Fsp3) is 0.923. The van der Waals surface area contributed by atoms with Crippen molar-refractivity contribution in [3.63, 3.8) is 0 Å². The summed E-state index contributed by atoms with van der Waals surface area (Å²) in [6.45, 7) is 10.9. The van der Waals surface area contributed by atoms with E-state index in [9.17, 15) is 4.79 Å². The molecule has 0 radical (unpaired) electrons. The lowest BCUT2D eigenvalue weighted by molar-refractivity contribution is -0.117. The summed E-state index contributed by atoms with van der Waals surface area (Å²) in [5.41, 5.74) is 0.147. The summed E-state index contributed by atoms with van der Waals surface area (Å²) in [4.78, 5) is 13.7. The number of likely N-dealkylation sites (tertiary alicyclic amines) is 1. The first-order valence-electron chi connectivity index (χ1n) is 6.15. The average molecular weight is 211 g/mol. The zero-order valence-electron chi connectivity index (χ0n) is 10.7. The summed E-state index contributed by atoms with van der Waals surface area (Å²) >= 11 is 0. The van der Waals surface area contributed by atoms with Gasteiger partial charge in [0.15, 0.2) is 0 Å². The number of aldehydes is 1. The van der Waals surface area contributed by atoms with E-state index in [-0.39, 0.29) is 11.0 Å². The highest BCUT2D eigenvalue weighted by atomic mass is 16.1. The van der Waals surface area contributed by atoms with Gasteiger partial charge in [-0.05, 0) is 39.7 Å². The lowest BCUT2D eigenvalue weighted by Gasteiger charge is -2.37. The Labute approximate surface area is 94.0 Å². The average Bonchev–Trinajstić information content (AvgIpc) is 2.46. The Balaban J connectivity index is 2.62. The van der Waals surface area contributed by atoms with E-state index in [0.29, 0.717) is 0 Å². The molecule has 0 bridgehead atoms. The van der Waals surface area contributed by atoms with Crippen LogP contribution in [0.1, 0.15) is 53.4 Å². The van der Waals surface area contributed by atoms with Gasteiger partial charge in [-0.1, -0.05) is 20.3 Å². The van der Waals surface area contributed by atoms with E-state index in [4.69, 9.17) is 0 Å². The van der Waals surface area contributed by atoms with Crippen molar-refractivity contribution in [2.24, 2.45) is 5.41 Å². The second kappa shape index (κ2) is 4.65. The van der Waals surface area contributed by atoms with Crippen molar-refractivity contribution >= 4 is 6.29 Å². The summed E-state index contributed by atoms with van der Waals surface area (Å²) in [5, 5.41) is 0. The third-order valence-electron chi connectivity index (χ3n) is 3.73. The molecule has 0 N–H and O–H groups in total. The van der Waals surface area contributed by atoms with E-state index in [1.165, 1.54) is 12.8 Å². The third-order valence-corrected chi connectivity index (χ3v) is 3.73. The van der Waals surface area contributed by atoms with Gasteiger partial charge in [-0.3, -0.25) is 4.90 Å². The normalized spacial score (nSPS) is 25.1. The molecular weight excluding hydrogens is 186 g/mol. The van der Waals surface area contributed by atoms with Gasteiger partial charge in [-0.25, -0.2) is 0 Å². The van der Waals surface area contributed by atoms with Crippen molar-refractivity contribution in [1.82, 2.24) is 4.90 Å². The molecule has 88 valence electrons. The maximum absolute atomic E-state index is 11.2. The quantitative estimate of drug-likeness (QED) is 0.652. The van der Waals surface area contributed by atoms with Crippen molar-refractivity contribution < 1.29 is 4.79 Å².